The second kappa shape index (κ2) is 14.9. The van der Waals surface area contributed by atoms with E-state index in [-0.39, 0.29) is 17.1 Å². The van der Waals surface area contributed by atoms with Crippen molar-refractivity contribution in [2.75, 3.05) is 7.11 Å². The largest absolute Gasteiger partial charge is 0.465 e. The first kappa shape index (κ1) is 22.3. The highest BCUT2D eigenvalue weighted by molar-refractivity contribution is 6.16. The van der Waals surface area contributed by atoms with Gasteiger partial charge >= 0.3 is 5.97 Å². The molecule has 0 amide bonds. The molecule has 0 aliphatic carbocycles. The molecule has 0 aliphatic rings. The zero-order chi connectivity index (χ0) is 18.2. The van der Waals surface area contributed by atoms with Crippen LogP contribution in [0.25, 0.3) is 0 Å². The maximum absolute atomic E-state index is 11.7. The van der Waals surface area contributed by atoms with Crippen molar-refractivity contribution in [3.63, 3.8) is 0 Å². The summed E-state index contributed by atoms with van der Waals surface area (Å²) in [6, 6.07) is 0. The smallest absolute Gasteiger partial charge is 0.341 e. The van der Waals surface area contributed by atoms with Crippen molar-refractivity contribution in [1.82, 2.24) is 0 Å². The van der Waals surface area contributed by atoms with E-state index in [1.165, 1.54) is 46.1 Å². The zero-order valence-electron chi connectivity index (χ0n) is 15.4. The van der Waals surface area contributed by atoms with Gasteiger partial charge in [0.2, 0.25) is 0 Å². The van der Waals surface area contributed by atoms with Gasteiger partial charge in [-0.3, -0.25) is 9.59 Å². The molecule has 0 saturated heterocycles. The summed E-state index contributed by atoms with van der Waals surface area (Å²) >= 11 is 0. The average molecular weight is 336 g/mol. The number of hydrogen-bond donors (Lipinski definition) is 0. The summed E-state index contributed by atoms with van der Waals surface area (Å²) in [7, 11) is 1.25. The van der Waals surface area contributed by atoms with Crippen LogP contribution in [0.5, 0.6) is 0 Å². The summed E-state index contributed by atoms with van der Waals surface area (Å²) < 4.78 is 4.55. The lowest BCUT2D eigenvalue weighted by Gasteiger charge is -2.00. The Morgan fingerprint density at radius 2 is 1.54 bits per heavy atom. The summed E-state index contributed by atoms with van der Waals surface area (Å²) in [5, 5.41) is 0. The molecular formula is C20H32O4. The van der Waals surface area contributed by atoms with Gasteiger partial charge in [-0.25, -0.2) is 4.79 Å². The highest BCUT2D eigenvalue weighted by Gasteiger charge is 2.13. The second-order valence-corrected chi connectivity index (χ2v) is 5.98. The van der Waals surface area contributed by atoms with Crippen molar-refractivity contribution in [1.29, 1.82) is 0 Å². The van der Waals surface area contributed by atoms with Crippen molar-refractivity contribution in [2.45, 2.75) is 78.1 Å². The van der Waals surface area contributed by atoms with Crippen LogP contribution in [-0.4, -0.2) is 24.6 Å². The van der Waals surface area contributed by atoms with Gasteiger partial charge in [-0.2, -0.15) is 0 Å². The molecule has 24 heavy (non-hydrogen) atoms. The monoisotopic (exact) mass is 336 g/mol. The first-order valence-corrected chi connectivity index (χ1v) is 9.01. The molecule has 0 aromatic rings. The van der Waals surface area contributed by atoms with Crippen molar-refractivity contribution >= 4 is 17.5 Å². The number of unbranched alkanes of at least 4 members (excludes halogenated alkanes) is 7. The number of ketones is 2. The summed E-state index contributed by atoms with van der Waals surface area (Å²) in [5.41, 5.74) is 0.0697. The molecule has 4 heteroatoms. The molecule has 0 N–H and O–H groups in total. The van der Waals surface area contributed by atoms with E-state index >= 15 is 0 Å². The third-order valence-corrected chi connectivity index (χ3v) is 3.80. The van der Waals surface area contributed by atoms with Crippen LogP contribution in [0.2, 0.25) is 0 Å². The minimum absolute atomic E-state index is 0.0697. The summed E-state index contributed by atoms with van der Waals surface area (Å²) in [6.07, 6.45) is 15.1. The van der Waals surface area contributed by atoms with E-state index < -0.39 is 5.97 Å². The lowest BCUT2D eigenvalue weighted by Crippen LogP contribution is -2.11. The topological polar surface area (TPSA) is 60.4 Å². The third kappa shape index (κ3) is 11.8. The lowest BCUT2D eigenvalue weighted by molar-refractivity contribution is -0.137. The Morgan fingerprint density at radius 3 is 2.12 bits per heavy atom. The Hall–Kier alpha value is -1.71. The predicted molar refractivity (Wildman–Crippen MR) is 96.8 cm³/mol. The standard InChI is InChI=1S/C20H32O4/c1-4-5-6-7-8-9-11-14-18(22)15-12-10-13-16-19(17(2)21)20(23)24-3/h12,15-16H,4-11,13-14H2,1-3H3/b15-12+,19-16+. The van der Waals surface area contributed by atoms with E-state index in [0.29, 0.717) is 19.3 Å². The number of hydrogen-bond acceptors (Lipinski definition) is 4. The second-order valence-electron chi connectivity index (χ2n) is 5.98. The molecule has 0 rings (SSSR count). The Bertz CT molecular complexity index is 447. The van der Waals surface area contributed by atoms with Gasteiger partial charge in [0.25, 0.3) is 0 Å². The highest BCUT2D eigenvalue weighted by atomic mass is 16.5. The van der Waals surface area contributed by atoms with Crippen LogP contribution in [0.15, 0.2) is 23.8 Å². The normalized spacial score (nSPS) is 11.7. The van der Waals surface area contributed by atoms with Crippen LogP contribution in [0, 0.1) is 0 Å². The van der Waals surface area contributed by atoms with Crippen LogP contribution in [0.1, 0.15) is 78.1 Å². The Balaban J connectivity index is 3.88. The summed E-state index contributed by atoms with van der Waals surface area (Å²) in [4.78, 5) is 34.4. The maximum atomic E-state index is 11.7. The highest BCUT2D eigenvalue weighted by Crippen LogP contribution is 2.09. The van der Waals surface area contributed by atoms with E-state index in [1.54, 1.807) is 18.2 Å². The summed E-state index contributed by atoms with van der Waals surface area (Å²) in [5.74, 6) is -0.769. The molecule has 0 spiro atoms. The lowest BCUT2D eigenvalue weighted by atomic mass is 10.1. The van der Waals surface area contributed by atoms with E-state index in [9.17, 15) is 14.4 Å². The fraction of sp³-hybridized carbons (Fsp3) is 0.650. The van der Waals surface area contributed by atoms with Crippen molar-refractivity contribution < 1.29 is 19.1 Å². The van der Waals surface area contributed by atoms with Gasteiger partial charge in [-0.05, 0) is 32.3 Å². The molecule has 0 aliphatic heterocycles. The first-order chi connectivity index (χ1) is 11.5. The molecule has 0 aromatic heterocycles. The third-order valence-electron chi connectivity index (χ3n) is 3.80. The zero-order valence-corrected chi connectivity index (χ0v) is 15.4. The number of carbonyl (C=O) groups is 3. The number of rotatable bonds is 14. The fourth-order valence-electron chi connectivity index (χ4n) is 2.36. The van der Waals surface area contributed by atoms with Crippen LogP contribution < -0.4 is 0 Å². The van der Waals surface area contributed by atoms with Crippen molar-refractivity contribution in [3.8, 4) is 0 Å². The number of Topliss-reactive ketones (excluding diaryl/α,β-unsaturated/α-hetero) is 1. The minimum atomic E-state index is -0.610. The molecular weight excluding hydrogens is 304 g/mol. The average Bonchev–Trinajstić information content (AvgIpc) is 2.56. The van der Waals surface area contributed by atoms with Gasteiger partial charge in [0.15, 0.2) is 11.6 Å². The first-order valence-electron chi connectivity index (χ1n) is 9.01. The van der Waals surface area contributed by atoms with Gasteiger partial charge in [-0.1, -0.05) is 57.6 Å². The van der Waals surface area contributed by atoms with Gasteiger partial charge in [-0.15, -0.1) is 0 Å². The van der Waals surface area contributed by atoms with E-state index in [2.05, 4.69) is 11.7 Å². The SMILES string of the molecule is CCCCCCCCCC(=O)/C=C/CC/C=C(\C(C)=O)C(=O)OC. The van der Waals surface area contributed by atoms with Crippen LogP contribution in [-0.2, 0) is 19.1 Å². The molecule has 0 heterocycles. The molecule has 0 aromatic carbocycles. The van der Waals surface area contributed by atoms with Gasteiger partial charge in [0.05, 0.1) is 12.7 Å². The van der Waals surface area contributed by atoms with Crippen LogP contribution >= 0.6 is 0 Å². The van der Waals surface area contributed by atoms with E-state index in [0.717, 1.165) is 12.8 Å². The summed E-state index contributed by atoms with van der Waals surface area (Å²) in [6.45, 7) is 3.54. The molecule has 0 bridgehead atoms. The number of esters is 1. The molecule has 0 radical (unpaired) electrons. The molecule has 4 nitrogen and oxygen atoms in total. The maximum Gasteiger partial charge on any atom is 0.341 e. The number of allylic oxidation sites excluding steroid dienone is 3. The molecule has 0 saturated carbocycles. The van der Waals surface area contributed by atoms with E-state index in [4.69, 9.17) is 0 Å². The minimum Gasteiger partial charge on any atom is -0.465 e. The molecule has 0 fully saturated rings. The molecule has 136 valence electrons. The fourth-order valence-corrected chi connectivity index (χ4v) is 2.36. The van der Waals surface area contributed by atoms with Crippen LogP contribution in [0.4, 0.5) is 0 Å². The van der Waals surface area contributed by atoms with E-state index in [1.807, 2.05) is 0 Å². The molecule has 0 unspecified atom stereocenters. The van der Waals surface area contributed by atoms with Gasteiger partial charge in [0, 0.05) is 6.42 Å². The molecule has 0 atom stereocenters. The van der Waals surface area contributed by atoms with Crippen molar-refractivity contribution in [3.05, 3.63) is 23.8 Å². The quantitative estimate of drug-likeness (QED) is 0.151. The Morgan fingerprint density at radius 1 is 0.917 bits per heavy atom. The van der Waals surface area contributed by atoms with Crippen molar-refractivity contribution in [2.24, 2.45) is 0 Å². The van der Waals surface area contributed by atoms with Crippen LogP contribution in [0.3, 0.4) is 0 Å². The number of carbonyl (C=O) groups excluding carboxylic acids is 3. The van der Waals surface area contributed by atoms with Gasteiger partial charge in [0.1, 0.15) is 0 Å². The Labute approximate surface area is 146 Å². The number of methoxy groups -OCH3 is 1. The Kier molecular flexibility index (Phi) is 13.8. The number of ether oxygens (including phenoxy) is 1. The predicted octanol–water partition coefficient (Wildman–Crippen LogP) is 4.72. The van der Waals surface area contributed by atoms with Gasteiger partial charge < -0.3 is 4.74 Å².